The fraction of sp³-hybridized carbons (Fsp3) is 0.714. The number of carbonyl (C=O) groups excluding carboxylic acids is 2. The molecular weight excluding hydrogens is 284 g/mol. The maximum Gasteiger partial charge on any atom is 0.155 e. The van der Waals surface area contributed by atoms with E-state index in [-0.39, 0.29) is 16.7 Å². The predicted octanol–water partition coefficient (Wildman–Crippen LogP) is 4.64. The molecule has 2 heteroatoms. The van der Waals surface area contributed by atoms with E-state index in [4.69, 9.17) is 0 Å². The third-order valence-electron chi connectivity index (χ3n) is 7.64. The monoisotopic (exact) mass is 312 g/mol. The van der Waals surface area contributed by atoms with Gasteiger partial charge in [-0.15, -0.1) is 0 Å². The second-order valence-electron chi connectivity index (χ2n) is 8.95. The highest BCUT2D eigenvalue weighted by Gasteiger charge is 2.57. The van der Waals surface area contributed by atoms with Crippen molar-refractivity contribution in [2.45, 2.75) is 65.7 Å². The van der Waals surface area contributed by atoms with Crippen LogP contribution in [0.1, 0.15) is 65.7 Å². The number of hydrogen-bond acceptors (Lipinski definition) is 2. The first kappa shape index (κ1) is 15.4. The third-order valence-corrected chi connectivity index (χ3v) is 7.64. The SMILES string of the molecule is CC(=O)[C@H]1CC[C@H]2[C@@H]3CCC4=CC(=O)CC[C@]4(C)C=C3C[C@]12C. The van der Waals surface area contributed by atoms with Crippen molar-refractivity contribution < 1.29 is 9.59 Å². The molecule has 4 aliphatic rings. The summed E-state index contributed by atoms with van der Waals surface area (Å²) in [5.74, 6) is 2.27. The van der Waals surface area contributed by atoms with Crippen molar-refractivity contribution >= 4 is 11.6 Å². The number of fused-ring (bicyclic) bond motifs is 4. The standard InChI is InChI=1S/C21H28O2/c1-13(22)18-6-7-19-17-5-4-15-10-16(23)8-9-20(15,2)11-14(17)12-21(18,19)3/h10-11,17-19H,4-9,12H2,1-3H3/t17-,18-,19+,20-,21-/m1/s1. The zero-order chi connectivity index (χ0) is 16.4. The van der Waals surface area contributed by atoms with Gasteiger partial charge in [-0.1, -0.05) is 31.1 Å². The molecule has 0 aromatic heterocycles. The molecule has 0 N–H and O–H groups in total. The van der Waals surface area contributed by atoms with Crippen molar-refractivity contribution in [1.82, 2.24) is 0 Å². The van der Waals surface area contributed by atoms with Gasteiger partial charge in [-0.3, -0.25) is 9.59 Å². The number of carbonyl (C=O) groups is 2. The summed E-state index contributed by atoms with van der Waals surface area (Å²) < 4.78 is 0. The molecule has 0 bridgehead atoms. The van der Waals surface area contributed by atoms with Crippen LogP contribution in [-0.2, 0) is 9.59 Å². The Balaban J connectivity index is 1.73. The summed E-state index contributed by atoms with van der Waals surface area (Å²) in [4.78, 5) is 24.0. The first-order valence-corrected chi connectivity index (χ1v) is 9.29. The lowest BCUT2D eigenvalue weighted by Gasteiger charge is -2.33. The summed E-state index contributed by atoms with van der Waals surface area (Å²) >= 11 is 0. The molecule has 2 saturated carbocycles. The van der Waals surface area contributed by atoms with Gasteiger partial charge in [0.2, 0.25) is 0 Å². The first-order valence-electron chi connectivity index (χ1n) is 9.29. The molecule has 0 aliphatic heterocycles. The van der Waals surface area contributed by atoms with E-state index in [0.29, 0.717) is 29.8 Å². The van der Waals surface area contributed by atoms with E-state index in [1.807, 2.05) is 6.08 Å². The van der Waals surface area contributed by atoms with Crippen LogP contribution in [0.25, 0.3) is 0 Å². The minimum absolute atomic E-state index is 0.0821. The van der Waals surface area contributed by atoms with Crippen LogP contribution in [0.15, 0.2) is 23.3 Å². The van der Waals surface area contributed by atoms with Crippen molar-refractivity contribution in [1.29, 1.82) is 0 Å². The Morgan fingerprint density at radius 2 is 1.96 bits per heavy atom. The number of Topliss-reactive ketones (excluding diaryl/α,β-unsaturated/α-hetero) is 1. The van der Waals surface area contributed by atoms with Gasteiger partial charge >= 0.3 is 0 Å². The molecule has 0 unspecified atom stereocenters. The topological polar surface area (TPSA) is 34.1 Å². The highest BCUT2D eigenvalue weighted by atomic mass is 16.1. The fourth-order valence-electron chi connectivity index (χ4n) is 6.44. The molecule has 4 rings (SSSR count). The van der Waals surface area contributed by atoms with Gasteiger partial charge in [-0.25, -0.2) is 0 Å². The minimum Gasteiger partial charge on any atom is -0.300 e. The Morgan fingerprint density at radius 3 is 2.70 bits per heavy atom. The summed E-state index contributed by atoms with van der Waals surface area (Å²) in [6, 6.07) is 0. The predicted molar refractivity (Wildman–Crippen MR) is 90.9 cm³/mol. The highest BCUT2D eigenvalue weighted by molar-refractivity contribution is 5.91. The number of hydrogen-bond donors (Lipinski definition) is 0. The minimum atomic E-state index is 0.0821. The molecule has 0 aromatic rings. The van der Waals surface area contributed by atoms with Crippen molar-refractivity contribution in [3.05, 3.63) is 23.3 Å². The largest absolute Gasteiger partial charge is 0.300 e. The van der Waals surface area contributed by atoms with Crippen molar-refractivity contribution in [3.63, 3.8) is 0 Å². The molecule has 0 amide bonds. The van der Waals surface area contributed by atoms with E-state index < -0.39 is 0 Å². The second-order valence-corrected chi connectivity index (χ2v) is 8.95. The number of rotatable bonds is 1. The molecule has 0 radical (unpaired) electrons. The maximum absolute atomic E-state index is 12.1. The summed E-state index contributed by atoms with van der Waals surface area (Å²) in [6.45, 7) is 6.48. The van der Waals surface area contributed by atoms with Crippen molar-refractivity contribution in [2.24, 2.45) is 28.6 Å². The summed E-state index contributed by atoms with van der Waals surface area (Å²) in [7, 11) is 0. The molecule has 0 heterocycles. The van der Waals surface area contributed by atoms with Crippen LogP contribution in [0.5, 0.6) is 0 Å². The second kappa shape index (κ2) is 4.91. The van der Waals surface area contributed by atoms with Gasteiger partial charge in [-0.2, -0.15) is 0 Å². The molecule has 2 fully saturated rings. The average molecular weight is 312 g/mol. The lowest BCUT2D eigenvalue weighted by Crippen LogP contribution is -2.30. The van der Waals surface area contributed by atoms with E-state index in [1.165, 1.54) is 18.4 Å². The molecule has 4 aliphatic carbocycles. The van der Waals surface area contributed by atoms with Crippen LogP contribution in [0.2, 0.25) is 0 Å². The van der Waals surface area contributed by atoms with Crippen LogP contribution >= 0.6 is 0 Å². The summed E-state index contributed by atoms with van der Waals surface area (Å²) in [5, 5.41) is 0. The quantitative estimate of drug-likeness (QED) is 0.661. The Hall–Kier alpha value is -1.18. The van der Waals surface area contributed by atoms with Crippen LogP contribution in [0, 0.1) is 28.6 Å². The van der Waals surface area contributed by atoms with Crippen LogP contribution in [0.3, 0.4) is 0 Å². The molecule has 5 atom stereocenters. The Bertz CT molecular complexity index is 640. The van der Waals surface area contributed by atoms with Crippen molar-refractivity contribution in [3.8, 4) is 0 Å². The first-order chi connectivity index (χ1) is 10.8. The maximum atomic E-state index is 12.1. The zero-order valence-corrected chi connectivity index (χ0v) is 14.7. The number of allylic oxidation sites excluding steroid dienone is 4. The Labute approximate surface area is 139 Å². The van der Waals surface area contributed by atoms with Gasteiger partial charge < -0.3 is 0 Å². The van der Waals surface area contributed by atoms with E-state index in [2.05, 4.69) is 19.9 Å². The Morgan fingerprint density at radius 1 is 1.17 bits per heavy atom. The van der Waals surface area contributed by atoms with E-state index in [1.54, 1.807) is 12.5 Å². The molecule has 124 valence electrons. The lowest BCUT2D eigenvalue weighted by molar-refractivity contribution is -0.124. The normalized spacial score (nSPS) is 45.5. The summed E-state index contributed by atoms with van der Waals surface area (Å²) in [6.07, 6.45) is 11.7. The van der Waals surface area contributed by atoms with Crippen LogP contribution in [-0.4, -0.2) is 11.6 Å². The molecule has 0 aromatic carbocycles. The molecule has 23 heavy (non-hydrogen) atoms. The molecule has 2 nitrogen and oxygen atoms in total. The third kappa shape index (κ3) is 2.13. The van der Waals surface area contributed by atoms with Gasteiger partial charge in [0.25, 0.3) is 0 Å². The van der Waals surface area contributed by atoms with Gasteiger partial charge in [0, 0.05) is 17.8 Å². The summed E-state index contributed by atoms with van der Waals surface area (Å²) in [5.41, 5.74) is 3.23. The van der Waals surface area contributed by atoms with Crippen LogP contribution in [0.4, 0.5) is 0 Å². The fourth-order valence-corrected chi connectivity index (χ4v) is 6.44. The van der Waals surface area contributed by atoms with Gasteiger partial charge in [0.15, 0.2) is 5.78 Å². The van der Waals surface area contributed by atoms with Gasteiger partial charge in [0.05, 0.1) is 0 Å². The van der Waals surface area contributed by atoms with Gasteiger partial charge in [-0.05, 0) is 68.8 Å². The van der Waals surface area contributed by atoms with E-state index >= 15 is 0 Å². The Kier molecular flexibility index (Phi) is 3.28. The average Bonchev–Trinajstić information content (AvgIpc) is 2.87. The smallest absolute Gasteiger partial charge is 0.155 e. The molecule has 0 spiro atoms. The van der Waals surface area contributed by atoms with E-state index in [0.717, 1.165) is 25.7 Å². The zero-order valence-electron chi connectivity index (χ0n) is 14.7. The van der Waals surface area contributed by atoms with Gasteiger partial charge in [0.1, 0.15) is 5.78 Å². The van der Waals surface area contributed by atoms with Crippen LogP contribution < -0.4 is 0 Å². The molecular formula is C21H28O2. The molecule has 0 saturated heterocycles. The number of ketones is 2. The van der Waals surface area contributed by atoms with Crippen molar-refractivity contribution in [2.75, 3.05) is 0 Å². The lowest BCUT2D eigenvalue weighted by atomic mass is 9.70. The van der Waals surface area contributed by atoms with E-state index in [9.17, 15) is 9.59 Å². The highest BCUT2D eigenvalue weighted by Crippen LogP contribution is 2.64.